The van der Waals surface area contributed by atoms with Crippen molar-refractivity contribution in [1.82, 2.24) is 0 Å². The maximum atomic E-state index is 4.39. The number of rotatable bonds is 0. The quantitative estimate of drug-likeness (QED) is 0.529. The van der Waals surface area contributed by atoms with Gasteiger partial charge in [-0.3, -0.25) is 0 Å². The number of fused-ring (bicyclic) bond motifs is 2. The van der Waals surface area contributed by atoms with Crippen LogP contribution in [0, 0.1) is 36.5 Å². The van der Waals surface area contributed by atoms with Crippen LogP contribution in [-0.2, 0) is 0 Å². The first-order valence-electron chi connectivity index (χ1n) is 6.16. The molecule has 5 atom stereocenters. The summed E-state index contributed by atoms with van der Waals surface area (Å²) in [4.78, 5) is 0. The molecule has 1 radical (unpaired) electrons. The highest BCUT2D eigenvalue weighted by atomic mass is 14.5. The van der Waals surface area contributed by atoms with Crippen molar-refractivity contribution in [1.29, 1.82) is 0 Å². The van der Waals surface area contributed by atoms with Crippen LogP contribution in [-0.4, -0.2) is 0 Å². The zero-order valence-corrected chi connectivity index (χ0v) is 8.54. The second kappa shape index (κ2) is 3.00. The Morgan fingerprint density at radius 3 is 2.38 bits per heavy atom. The van der Waals surface area contributed by atoms with Crippen molar-refractivity contribution in [3.05, 3.63) is 6.92 Å². The van der Waals surface area contributed by atoms with Crippen molar-refractivity contribution in [2.75, 3.05) is 0 Å². The van der Waals surface area contributed by atoms with Crippen LogP contribution in [0.15, 0.2) is 0 Å². The van der Waals surface area contributed by atoms with Gasteiger partial charge in [0.15, 0.2) is 0 Å². The largest absolute Gasteiger partial charge is 0.0502 e. The Labute approximate surface area is 82.1 Å². The SMILES string of the molecule is [CH2]C1CC2CCC3CCC1CC3C2. The third-order valence-corrected chi connectivity index (χ3v) is 5.06. The standard InChI is InChI=1S/C13H21/c1-9-6-10-2-3-11-4-5-12(9)8-13(11)7-10/h9-13H,1-8H2. The molecule has 0 aromatic heterocycles. The van der Waals surface area contributed by atoms with Gasteiger partial charge in [-0.25, -0.2) is 0 Å². The molecule has 0 heteroatoms. The van der Waals surface area contributed by atoms with Gasteiger partial charge in [0.1, 0.15) is 0 Å². The molecule has 3 fully saturated rings. The van der Waals surface area contributed by atoms with E-state index in [0.29, 0.717) is 0 Å². The molecular formula is C13H21. The van der Waals surface area contributed by atoms with E-state index in [2.05, 4.69) is 6.92 Å². The Balaban J connectivity index is 1.87. The molecule has 0 N–H and O–H groups in total. The van der Waals surface area contributed by atoms with Crippen molar-refractivity contribution >= 4 is 0 Å². The van der Waals surface area contributed by atoms with Gasteiger partial charge >= 0.3 is 0 Å². The van der Waals surface area contributed by atoms with Crippen LogP contribution in [0.25, 0.3) is 0 Å². The highest BCUT2D eigenvalue weighted by molar-refractivity contribution is 4.93. The van der Waals surface area contributed by atoms with E-state index < -0.39 is 0 Å². The third-order valence-electron chi connectivity index (χ3n) is 5.06. The lowest BCUT2D eigenvalue weighted by atomic mass is 9.67. The molecule has 73 valence electrons. The van der Waals surface area contributed by atoms with Crippen molar-refractivity contribution in [2.24, 2.45) is 29.6 Å². The Morgan fingerprint density at radius 2 is 1.46 bits per heavy atom. The van der Waals surface area contributed by atoms with Gasteiger partial charge in [0.2, 0.25) is 0 Å². The predicted octanol–water partition coefficient (Wildman–Crippen LogP) is 3.67. The van der Waals surface area contributed by atoms with Gasteiger partial charge in [-0.1, -0.05) is 6.42 Å². The molecular weight excluding hydrogens is 156 g/mol. The molecule has 0 aromatic rings. The molecule has 3 aliphatic rings. The van der Waals surface area contributed by atoms with Gasteiger partial charge in [0.25, 0.3) is 0 Å². The fraction of sp³-hybridized carbons (Fsp3) is 0.923. The average molecular weight is 177 g/mol. The van der Waals surface area contributed by atoms with E-state index in [4.69, 9.17) is 0 Å². The lowest BCUT2D eigenvalue weighted by Crippen LogP contribution is -2.28. The summed E-state index contributed by atoms with van der Waals surface area (Å²) in [7, 11) is 0. The molecule has 0 spiro atoms. The normalized spacial score (nSPS) is 54.7. The average Bonchev–Trinajstić information content (AvgIpc) is 2.22. The van der Waals surface area contributed by atoms with Crippen molar-refractivity contribution in [3.63, 3.8) is 0 Å². The lowest BCUT2D eigenvalue weighted by molar-refractivity contribution is 0.124. The van der Waals surface area contributed by atoms with Gasteiger partial charge in [0.05, 0.1) is 0 Å². The topological polar surface area (TPSA) is 0 Å². The summed E-state index contributed by atoms with van der Waals surface area (Å²) in [5.74, 6) is 5.10. The van der Waals surface area contributed by atoms with Crippen LogP contribution >= 0.6 is 0 Å². The Kier molecular flexibility index (Phi) is 1.92. The summed E-state index contributed by atoms with van der Waals surface area (Å²) in [5.41, 5.74) is 0. The molecule has 3 aliphatic carbocycles. The van der Waals surface area contributed by atoms with Crippen LogP contribution in [0.2, 0.25) is 0 Å². The second-order valence-electron chi connectivity index (χ2n) is 5.77. The Bertz CT molecular complexity index is 194. The summed E-state index contributed by atoms with van der Waals surface area (Å²) < 4.78 is 0. The van der Waals surface area contributed by atoms with Gasteiger partial charge in [-0.15, -0.1) is 0 Å². The molecule has 0 saturated heterocycles. The van der Waals surface area contributed by atoms with E-state index in [-0.39, 0.29) is 0 Å². The minimum atomic E-state index is 0.800. The number of hydrogen-bond acceptors (Lipinski definition) is 0. The highest BCUT2D eigenvalue weighted by Crippen LogP contribution is 2.51. The van der Waals surface area contributed by atoms with E-state index >= 15 is 0 Å². The van der Waals surface area contributed by atoms with E-state index in [9.17, 15) is 0 Å². The maximum Gasteiger partial charge on any atom is -0.0380 e. The molecule has 3 rings (SSSR count). The molecule has 0 aromatic carbocycles. The molecule has 5 unspecified atom stereocenters. The first-order chi connectivity index (χ1) is 6.33. The van der Waals surface area contributed by atoms with E-state index in [1.165, 1.54) is 32.1 Å². The fourth-order valence-electron chi connectivity index (χ4n) is 4.29. The number of hydrogen-bond donors (Lipinski definition) is 0. The first kappa shape index (κ1) is 8.32. The summed E-state index contributed by atoms with van der Waals surface area (Å²) >= 11 is 0. The smallest absolute Gasteiger partial charge is 0.0380 e. The molecule has 3 saturated carbocycles. The van der Waals surface area contributed by atoms with Crippen molar-refractivity contribution in [2.45, 2.75) is 44.9 Å². The van der Waals surface area contributed by atoms with Crippen molar-refractivity contribution < 1.29 is 0 Å². The van der Waals surface area contributed by atoms with Crippen LogP contribution in [0.3, 0.4) is 0 Å². The molecule has 3 bridgehead atoms. The zero-order valence-electron chi connectivity index (χ0n) is 8.54. The van der Waals surface area contributed by atoms with Gasteiger partial charge in [0, 0.05) is 0 Å². The fourth-order valence-corrected chi connectivity index (χ4v) is 4.29. The van der Waals surface area contributed by atoms with E-state index in [0.717, 1.165) is 29.6 Å². The van der Waals surface area contributed by atoms with Crippen LogP contribution < -0.4 is 0 Å². The molecule has 0 amide bonds. The van der Waals surface area contributed by atoms with Crippen molar-refractivity contribution in [3.8, 4) is 0 Å². The van der Waals surface area contributed by atoms with Gasteiger partial charge in [-0.05, 0) is 75.0 Å². The monoisotopic (exact) mass is 177 g/mol. The minimum absolute atomic E-state index is 0.800. The Morgan fingerprint density at radius 1 is 0.692 bits per heavy atom. The molecule has 13 heavy (non-hydrogen) atoms. The van der Waals surface area contributed by atoms with Crippen LogP contribution in [0.1, 0.15) is 44.9 Å². The first-order valence-corrected chi connectivity index (χ1v) is 6.16. The molecule has 0 aliphatic heterocycles. The Hall–Kier alpha value is 0. The minimum Gasteiger partial charge on any atom is -0.0502 e. The summed E-state index contributed by atoms with van der Waals surface area (Å²) in [6.07, 6.45) is 10.7. The van der Waals surface area contributed by atoms with Crippen LogP contribution in [0.4, 0.5) is 0 Å². The van der Waals surface area contributed by atoms with E-state index in [1.54, 1.807) is 12.8 Å². The zero-order chi connectivity index (χ0) is 8.84. The predicted molar refractivity (Wildman–Crippen MR) is 55.1 cm³/mol. The maximum absolute atomic E-state index is 4.39. The summed E-state index contributed by atoms with van der Waals surface area (Å²) in [6, 6.07) is 0. The van der Waals surface area contributed by atoms with Gasteiger partial charge in [-0.2, -0.15) is 0 Å². The highest BCUT2D eigenvalue weighted by Gasteiger charge is 2.40. The second-order valence-corrected chi connectivity index (χ2v) is 5.77. The summed E-state index contributed by atoms with van der Waals surface area (Å²) in [5, 5.41) is 0. The molecule has 0 heterocycles. The lowest BCUT2D eigenvalue weighted by Gasteiger charge is -2.39. The third kappa shape index (κ3) is 1.33. The summed E-state index contributed by atoms with van der Waals surface area (Å²) in [6.45, 7) is 4.39. The molecule has 0 nitrogen and oxygen atoms in total. The van der Waals surface area contributed by atoms with E-state index in [1.807, 2.05) is 0 Å². The van der Waals surface area contributed by atoms with Gasteiger partial charge < -0.3 is 0 Å². The van der Waals surface area contributed by atoms with Crippen LogP contribution in [0.5, 0.6) is 0 Å².